The zero-order valence-electron chi connectivity index (χ0n) is 9.20. The van der Waals surface area contributed by atoms with E-state index in [4.69, 9.17) is 5.73 Å². The van der Waals surface area contributed by atoms with Crippen molar-refractivity contribution in [3.05, 3.63) is 20.8 Å². The van der Waals surface area contributed by atoms with Gasteiger partial charge in [0.05, 0.1) is 10.3 Å². The number of hydrogen-bond acceptors (Lipinski definition) is 3. The third-order valence-electron chi connectivity index (χ3n) is 2.27. The van der Waals surface area contributed by atoms with Gasteiger partial charge in [-0.3, -0.25) is 4.79 Å². The topological polar surface area (TPSA) is 55.1 Å². The standard InChI is InChI=1S/C10H15BrN2OS.ClH/c1-6(7(2)12)10(14)13-5-8-3-4-9(11)15-8;/h3-4,6-7H,5,12H2,1-2H3,(H,13,14);1H. The van der Waals surface area contributed by atoms with E-state index >= 15 is 0 Å². The van der Waals surface area contributed by atoms with Crippen LogP contribution in [0, 0.1) is 5.92 Å². The number of hydrogen-bond donors (Lipinski definition) is 2. The number of carbonyl (C=O) groups excluding carboxylic acids is 1. The summed E-state index contributed by atoms with van der Waals surface area (Å²) in [5, 5.41) is 2.86. The molecule has 92 valence electrons. The van der Waals surface area contributed by atoms with Crippen molar-refractivity contribution in [1.82, 2.24) is 5.32 Å². The minimum absolute atomic E-state index is 0. The van der Waals surface area contributed by atoms with E-state index < -0.39 is 0 Å². The van der Waals surface area contributed by atoms with Gasteiger partial charge in [0.2, 0.25) is 5.91 Å². The van der Waals surface area contributed by atoms with Crippen molar-refractivity contribution in [3.8, 4) is 0 Å². The van der Waals surface area contributed by atoms with Gasteiger partial charge in [0.1, 0.15) is 0 Å². The molecular formula is C10H16BrClN2OS. The molecule has 0 bridgehead atoms. The highest BCUT2D eigenvalue weighted by Gasteiger charge is 2.16. The van der Waals surface area contributed by atoms with Crippen molar-refractivity contribution in [2.75, 3.05) is 0 Å². The quantitative estimate of drug-likeness (QED) is 0.893. The largest absolute Gasteiger partial charge is 0.351 e. The first-order chi connectivity index (χ1) is 7.00. The molecule has 1 rings (SSSR count). The Morgan fingerprint density at radius 2 is 2.19 bits per heavy atom. The maximum Gasteiger partial charge on any atom is 0.224 e. The zero-order valence-corrected chi connectivity index (χ0v) is 12.4. The molecule has 0 spiro atoms. The SMILES string of the molecule is CC(N)C(C)C(=O)NCc1ccc(Br)s1.Cl. The first kappa shape index (κ1) is 15.9. The van der Waals surface area contributed by atoms with Crippen LogP contribution in [0.5, 0.6) is 0 Å². The summed E-state index contributed by atoms with van der Waals surface area (Å²) >= 11 is 5.00. The Labute approximate surface area is 114 Å². The van der Waals surface area contributed by atoms with Crippen LogP contribution >= 0.6 is 39.7 Å². The number of rotatable bonds is 4. The second-order valence-corrected chi connectivity index (χ2v) is 6.12. The van der Waals surface area contributed by atoms with E-state index in [2.05, 4.69) is 21.2 Å². The molecule has 2 unspecified atom stereocenters. The van der Waals surface area contributed by atoms with E-state index in [0.29, 0.717) is 6.54 Å². The van der Waals surface area contributed by atoms with Gasteiger partial charge in [-0.1, -0.05) is 6.92 Å². The first-order valence-corrected chi connectivity index (χ1v) is 6.39. The molecule has 0 aliphatic heterocycles. The second-order valence-electron chi connectivity index (χ2n) is 3.57. The molecule has 0 aliphatic rings. The highest BCUT2D eigenvalue weighted by molar-refractivity contribution is 9.11. The predicted molar refractivity (Wildman–Crippen MR) is 73.9 cm³/mol. The molecule has 0 saturated heterocycles. The van der Waals surface area contributed by atoms with Gasteiger partial charge in [0.25, 0.3) is 0 Å². The smallest absolute Gasteiger partial charge is 0.224 e. The summed E-state index contributed by atoms with van der Waals surface area (Å²) in [6.45, 7) is 4.25. The fourth-order valence-corrected chi connectivity index (χ4v) is 2.44. The van der Waals surface area contributed by atoms with Crippen LogP contribution in [-0.4, -0.2) is 11.9 Å². The van der Waals surface area contributed by atoms with E-state index in [1.165, 1.54) is 0 Å². The Bertz CT molecular complexity index is 343. The molecule has 1 amide bonds. The molecule has 3 N–H and O–H groups in total. The number of nitrogens with two attached hydrogens (primary N) is 1. The van der Waals surface area contributed by atoms with Crippen LogP contribution in [0.1, 0.15) is 18.7 Å². The highest BCUT2D eigenvalue weighted by atomic mass is 79.9. The monoisotopic (exact) mass is 326 g/mol. The van der Waals surface area contributed by atoms with Crippen LogP contribution in [0.4, 0.5) is 0 Å². The average molecular weight is 328 g/mol. The molecule has 0 saturated carbocycles. The molecule has 3 nitrogen and oxygen atoms in total. The number of carbonyl (C=O) groups is 1. The lowest BCUT2D eigenvalue weighted by atomic mass is 10.0. The van der Waals surface area contributed by atoms with Gasteiger partial charge in [-0.2, -0.15) is 0 Å². The number of amides is 1. The molecule has 0 aliphatic carbocycles. The van der Waals surface area contributed by atoms with Gasteiger partial charge in [-0.25, -0.2) is 0 Å². The van der Waals surface area contributed by atoms with Crippen LogP contribution in [0.2, 0.25) is 0 Å². The minimum Gasteiger partial charge on any atom is -0.351 e. The number of nitrogens with one attached hydrogen (secondary N) is 1. The third kappa shape index (κ3) is 4.82. The third-order valence-corrected chi connectivity index (χ3v) is 3.89. The van der Waals surface area contributed by atoms with Crippen molar-refractivity contribution in [2.24, 2.45) is 11.7 Å². The van der Waals surface area contributed by atoms with E-state index in [1.807, 2.05) is 26.0 Å². The van der Waals surface area contributed by atoms with Gasteiger partial charge in [-0.05, 0) is 35.0 Å². The molecule has 6 heteroatoms. The molecule has 1 heterocycles. The van der Waals surface area contributed by atoms with Crippen molar-refractivity contribution >= 4 is 45.6 Å². The van der Waals surface area contributed by atoms with E-state index in [1.54, 1.807) is 11.3 Å². The van der Waals surface area contributed by atoms with Crippen LogP contribution in [0.25, 0.3) is 0 Å². The van der Waals surface area contributed by atoms with E-state index in [0.717, 1.165) is 8.66 Å². The fourth-order valence-electron chi connectivity index (χ4n) is 1.02. The number of thiophene rings is 1. The normalized spacial score (nSPS) is 13.8. The highest BCUT2D eigenvalue weighted by Crippen LogP contribution is 2.21. The van der Waals surface area contributed by atoms with Crippen LogP contribution in [0.3, 0.4) is 0 Å². The van der Waals surface area contributed by atoms with Crippen LogP contribution < -0.4 is 11.1 Å². The lowest BCUT2D eigenvalue weighted by Crippen LogP contribution is -2.38. The van der Waals surface area contributed by atoms with Crippen molar-refractivity contribution < 1.29 is 4.79 Å². The van der Waals surface area contributed by atoms with Gasteiger partial charge in [0.15, 0.2) is 0 Å². The Balaban J connectivity index is 0.00000225. The maximum absolute atomic E-state index is 11.6. The van der Waals surface area contributed by atoms with Gasteiger partial charge >= 0.3 is 0 Å². The van der Waals surface area contributed by atoms with Gasteiger partial charge in [0, 0.05) is 16.8 Å². The molecule has 16 heavy (non-hydrogen) atoms. The Morgan fingerprint density at radius 1 is 1.56 bits per heavy atom. The first-order valence-electron chi connectivity index (χ1n) is 4.78. The van der Waals surface area contributed by atoms with E-state index in [9.17, 15) is 4.79 Å². The predicted octanol–water partition coefficient (Wildman–Crippen LogP) is 2.53. The molecule has 0 radical (unpaired) electrons. The molecule has 2 atom stereocenters. The van der Waals surface area contributed by atoms with Crippen molar-refractivity contribution in [3.63, 3.8) is 0 Å². The minimum atomic E-state index is -0.145. The van der Waals surface area contributed by atoms with Gasteiger partial charge in [-0.15, -0.1) is 23.7 Å². The number of halogens is 2. The molecular weight excluding hydrogens is 312 g/mol. The summed E-state index contributed by atoms with van der Waals surface area (Å²) in [4.78, 5) is 12.7. The molecule has 0 aromatic carbocycles. The fraction of sp³-hybridized carbons (Fsp3) is 0.500. The zero-order chi connectivity index (χ0) is 11.4. The summed E-state index contributed by atoms with van der Waals surface area (Å²) in [6, 6.07) is 3.85. The van der Waals surface area contributed by atoms with Gasteiger partial charge < -0.3 is 11.1 Å². The Hall–Kier alpha value is -0.100. The maximum atomic E-state index is 11.6. The summed E-state index contributed by atoms with van der Waals surface area (Å²) in [5.41, 5.74) is 5.64. The molecule has 1 aromatic heterocycles. The Kier molecular flexibility index (Phi) is 7.22. The molecule has 1 aromatic rings. The summed E-state index contributed by atoms with van der Waals surface area (Å²) < 4.78 is 1.08. The van der Waals surface area contributed by atoms with Crippen LogP contribution in [-0.2, 0) is 11.3 Å². The van der Waals surface area contributed by atoms with Crippen molar-refractivity contribution in [1.29, 1.82) is 0 Å². The lowest BCUT2D eigenvalue weighted by Gasteiger charge is -2.14. The van der Waals surface area contributed by atoms with Crippen LogP contribution in [0.15, 0.2) is 15.9 Å². The van der Waals surface area contributed by atoms with Crippen molar-refractivity contribution in [2.45, 2.75) is 26.4 Å². The van der Waals surface area contributed by atoms with E-state index in [-0.39, 0.29) is 30.3 Å². The summed E-state index contributed by atoms with van der Waals surface area (Å²) in [5.74, 6) is -0.136. The molecule has 0 fully saturated rings. The lowest BCUT2D eigenvalue weighted by molar-refractivity contribution is -0.125. The summed E-state index contributed by atoms with van der Waals surface area (Å²) in [7, 11) is 0. The Morgan fingerprint density at radius 3 is 2.62 bits per heavy atom. The average Bonchev–Trinajstić information content (AvgIpc) is 2.59. The summed E-state index contributed by atoms with van der Waals surface area (Å²) in [6.07, 6.45) is 0. The second kappa shape index (κ2) is 7.27.